The van der Waals surface area contributed by atoms with Gasteiger partial charge in [-0.1, -0.05) is 292 Å². The summed E-state index contributed by atoms with van der Waals surface area (Å²) in [5.41, 5.74) is 0. The van der Waals surface area contributed by atoms with Crippen molar-refractivity contribution in [2.75, 3.05) is 13.2 Å². The number of carbonyl (C=O) groups is 3. The van der Waals surface area contributed by atoms with Crippen LogP contribution in [0.25, 0.3) is 0 Å². The van der Waals surface area contributed by atoms with Crippen molar-refractivity contribution in [3.63, 3.8) is 0 Å². The fraction of sp³-hybridized carbons (Fsp3) is 0.746. The van der Waals surface area contributed by atoms with Gasteiger partial charge in [0.2, 0.25) is 0 Å². The summed E-state index contributed by atoms with van der Waals surface area (Å²) in [6, 6.07) is 0. The molecule has 73 heavy (non-hydrogen) atoms. The number of hydrogen-bond acceptors (Lipinski definition) is 6. The van der Waals surface area contributed by atoms with Crippen LogP contribution in [0.2, 0.25) is 0 Å². The molecule has 0 bridgehead atoms. The molecule has 6 heteroatoms. The van der Waals surface area contributed by atoms with Crippen molar-refractivity contribution in [2.45, 2.75) is 309 Å². The largest absolute Gasteiger partial charge is 0.462 e. The Labute approximate surface area is 452 Å². The summed E-state index contributed by atoms with van der Waals surface area (Å²) < 4.78 is 16.8. The average molecular weight is 1020 g/mol. The summed E-state index contributed by atoms with van der Waals surface area (Å²) in [6.45, 7) is 6.47. The van der Waals surface area contributed by atoms with E-state index in [2.05, 4.69) is 106 Å². The molecular formula is C67H116O6. The molecular weight excluding hydrogens is 901 g/mol. The zero-order valence-electron chi connectivity index (χ0n) is 48.1. The van der Waals surface area contributed by atoms with Crippen LogP contribution in [0.3, 0.4) is 0 Å². The second-order valence-corrected chi connectivity index (χ2v) is 20.6. The molecule has 0 aromatic rings. The molecule has 0 fully saturated rings. The Hall–Kier alpha value is -3.41. The van der Waals surface area contributed by atoms with Crippen molar-refractivity contribution in [3.05, 3.63) is 85.1 Å². The van der Waals surface area contributed by atoms with Crippen molar-refractivity contribution in [3.8, 4) is 0 Å². The van der Waals surface area contributed by atoms with Gasteiger partial charge in [0.25, 0.3) is 0 Å². The molecule has 0 spiro atoms. The highest BCUT2D eigenvalue weighted by Crippen LogP contribution is 2.17. The predicted octanol–water partition coefficient (Wildman–Crippen LogP) is 21.1. The van der Waals surface area contributed by atoms with Crippen LogP contribution in [-0.4, -0.2) is 37.2 Å². The molecule has 0 aromatic heterocycles. The highest BCUT2D eigenvalue weighted by atomic mass is 16.6. The first-order valence-electron chi connectivity index (χ1n) is 31.1. The van der Waals surface area contributed by atoms with Gasteiger partial charge in [0.15, 0.2) is 6.10 Å². The standard InChI is InChI=1S/C67H116O6/c1-4-7-10-13-15-17-19-21-23-25-27-28-29-30-31-32-33-34-35-36-37-38-40-41-43-45-47-49-51-54-57-60-66(69)72-63-64(62-71-65(68)59-56-53-12-9-6-3)73-67(70)61-58-55-52-50-48-46-44-42-39-26-24-22-20-18-16-14-11-8-5-2/h7,10,15,17,21,23,27-28,30-31,33-34,36-37,64H,4-6,8-9,11-14,16,18-20,22,24-26,29,32,35,38-63H2,1-3H3/b10-7-,17-15-,23-21-,28-27-,31-30-,34-33-,37-36-. The molecule has 0 saturated carbocycles. The summed E-state index contributed by atoms with van der Waals surface area (Å²) in [5, 5.41) is 0. The Morgan fingerprint density at radius 2 is 0.534 bits per heavy atom. The van der Waals surface area contributed by atoms with Crippen molar-refractivity contribution in [1.82, 2.24) is 0 Å². The van der Waals surface area contributed by atoms with Crippen molar-refractivity contribution < 1.29 is 28.6 Å². The lowest BCUT2D eigenvalue weighted by molar-refractivity contribution is -0.167. The number of unbranched alkanes of at least 4 members (excludes halogenated alkanes) is 31. The van der Waals surface area contributed by atoms with Crippen LogP contribution in [0.4, 0.5) is 0 Å². The van der Waals surface area contributed by atoms with Gasteiger partial charge in [-0.05, 0) is 77.0 Å². The lowest BCUT2D eigenvalue weighted by atomic mass is 10.0. The highest BCUT2D eigenvalue weighted by molar-refractivity contribution is 5.71. The fourth-order valence-corrected chi connectivity index (χ4v) is 8.78. The van der Waals surface area contributed by atoms with E-state index in [0.717, 1.165) is 116 Å². The molecule has 0 N–H and O–H groups in total. The van der Waals surface area contributed by atoms with Gasteiger partial charge in [-0.3, -0.25) is 14.4 Å². The minimum Gasteiger partial charge on any atom is -0.462 e. The SMILES string of the molecule is CC/C=C\C/C=C\C/C=C\C/C=C\C/C=C\C/C=C\C/C=C\CCCCCCCCCCCC(=O)OCC(COC(=O)CCCCCCC)OC(=O)CCCCCCCCCCCCCCCCCCCCC. The molecule has 1 atom stereocenters. The Kier molecular flexibility index (Phi) is 58.3. The number of hydrogen-bond donors (Lipinski definition) is 0. The third kappa shape index (κ3) is 59.3. The lowest BCUT2D eigenvalue weighted by Gasteiger charge is -2.18. The van der Waals surface area contributed by atoms with E-state index in [9.17, 15) is 14.4 Å². The summed E-state index contributed by atoms with van der Waals surface area (Å²) in [4.78, 5) is 37.9. The van der Waals surface area contributed by atoms with Gasteiger partial charge in [-0.2, -0.15) is 0 Å². The van der Waals surface area contributed by atoms with Crippen molar-refractivity contribution >= 4 is 17.9 Å². The Bertz CT molecular complexity index is 1400. The molecule has 0 rings (SSSR count). The van der Waals surface area contributed by atoms with E-state index in [-0.39, 0.29) is 31.1 Å². The number of ether oxygens (including phenoxy) is 3. The summed E-state index contributed by atoms with van der Waals surface area (Å²) in [6.07, 6.45) is 80.6. The summed E-state index contributed by atoms with van der Waals surface area (Å²) >= 11 is 0. The van der Waals surface area contributed by atoms with E-state index in [0.29, 0.717) is 19.3 Å². The minimum atomic E-state index is -0.773. The van der Waals surface area contributed by atoms with E-state index in [1.54, 1.807) is 0 Å². The molecule has 0 aromatic carbocycles. The molecule has 0 radical (unpaired) electrons. The minimum absolute atomic E-state index is 0.0756. The van der Waals surface area contributed by atoms with Crippen molar-refractivity contribution in [1.29, 1.82) is 0 Å². The first-order chi connectivity index (χ1) is 36.0. The molecule has 420 valence electrons. The molecule has 6 nitrogen and oxygen atoms in total. The van der Waals surface area contributed by atoms with E-state index >= 15 is 0 Å². The number of allylic oxidation sites excluding steroid dienone is 14. The molecule has 0 aliphatic rings. The molecule has 1 unspecified atom stereocenters. The second-order valence-electron chi connectivity index (χ2n) is 20.6. The fourth-order valence-electron chi connectivity index (χ4n) is 8.78. The molecule has 0 amide bonds. The van der Waals surface area contributed by atoms with E-state index in [1.807, 2.05) is 0 Å². The Balaban J connectivity index is 4.05. The summed E-state index contributed by atoms with van der Waals surface area (Å²) in [7, 11) is 0. The van der Waals surface area contributed by atoms with Gasteiger partial charge >= 0.3 is 17.9 Å². The van der Waals surface area contributed by atoms with Crippen LogP contribution in [-0.2, 0) is 28.6 Å². The average Bonchev–Trinajstić information content (AvgIpc) is 3.39. The first kappa shape index (κ1) is 69.6. The highest BCUT2D eigenvalue weighted by Gasteiger charge is 2.19. The molecule has 0 heterocycles. The van der Waals surface area contributed by atoms with Crippen LogP contribution in [0, 0.1) is 0 Å². The maximum absolute atomic E-state index is 12.8. The van der Waals surface area contributed by atoms with E-state index in [4.69, 9.17) is 14.2 Å². The van der Waals surface area contributed by atoms with Crippen LogP contribution in [0.5, 0.6) is 0 Å². The van der Waals surface area contributed by atoms with E-state index < -0.39 is 6.10 Å². The van der Waals surface area contributed by atoms with Gasteiger partial charge in [0.1, 0.15) is 13.2 Å². The Morgan fingerprint density at radius 3 is 0.836 bits per heavy atom. The zero-order chi connectivity index (χ0) is 52.9. The van der Waals surface area contributed by atoms with Gasteiger partial charge in [0.05, 0.1) is 0 Å². The zero-order valence-corrected chi connectivity index (χ0v) is 48.1. The van der Waals surface area contributed by atoms with Crippen LogP contribution >= 0.6 is 0 Å². The van der Waals surface area contributed by atoms with Gasteiger partial charge in [0, 0.05) is 19.3 Å². The molecule has 0 aliphatic heterocycles. The third-order valence-electron chi connectivity index (χ3n) is 13.4. The quantitative estimate of drug-likeness (QED) is 0.0261. The maximum atomic E-state index is 12.8. The summed E-state index contributed by atoms with van der Waals surface area (Å²) in [5.74, 6) is -0.884. The van der Waals surface area contributed by atoms with Gasteiger partial charge in [-0.15, -0.1) is 0 Å². The monoisotopic (exact) mass is 1020 g/mol. The van der Waals surface area contributed by atoms with Gasteiger partial charge in [-0.25, -0.2) is 0 Å². The van der Waals surface area contributed by atoms with E-state index in [1.165, 1.54) is 148 Å². The van der Waals surface area contributed by atoms with Crippen LogP contribution in [0.1, 0.15) is 303 Å². The van der Waals surface area contributed by atoms with Crippen LogP contribution in [0.15, 0.2) is 85.1 Å². The third-order valence-corrected chi connectivity index (χ3v) is 13.4. The number of esters is 3. The lowest BCUT2D eigenvalue weighted by Crippen LogP contribution is -2.30. The normalized spacial score (nSPS) is 12.6. The predicted molar refractivity (Wildman–Crippen MR) is 316 cm³/mol. The maximum Gasteiger partial charge on any atom is 0.306 e. The number of carbonyl (C=O) groups excluding carboxylic acids is 3. The smallest absolute Gasteiger partial charge is 0.306 e. The topological polar surface area (TPSA) is 78.9 Å². The van der Waals surface area contributed by atoms with Crippen LogP contribution < -0.4 is 0 Å². The second kappa shape index (κ2) is 61.1. The Morgan fingerprint density at radius 1 is 0.288 bits per heavy atom. The number of rotatable bonds is 56. The molecule has 0 aliphatic carbocycles. The van der Waals surface area contributed by atoms with Gasteiger partial charge < -0.3 is 14.2 Å². The first-order valence-corrected chi connectivity index (χ1v) is 31.1. The molecule has 0 saturated heterocycles. The van der Waals surface area contributed by atoms with Crippen molar-refractivity contribution in [2.24, 2.45) is 0 Å².